The molecule has 0 bridgehead atoms. The number of ether oxygens (including phenoxy) is 3. The lowest BCUT2D eigenvalue weighted by Crippen LogP contribution is -2.47. The summed E-state index contributed by atoms with van der Waals surface area (Å²) in [6.45, 7) is 1.13. The predicted molar refractivity (Wildman–Crippen MR) is 149 cm³/mol. The number of hydrogen-bond acceptors (Lipinski definition) is 6. The first-order chi connectivity index (χ1) is 18.6. The van der Waals surface area contributed by atoms with Crippen molar-refractivity contribution in [2.75, 3.05) is 33.5 Å². The van der Waals surface area contributed by atoms with Crippen LogP contribution in [-0.2, 0) is 16.0 Å². The number of aliphatic hydroxyl groups is 1. The molecule has 1 amide bonds. The van der Waals surface area contributed by atoms with Gasteiger partial charge in [-0.05, 0) is 47.9 Å². The smallest absolute Gasteiger partial charge is 0.251 e. The molecule has 1 aliphatic heterocycles. The summed E-state index contributed by atoms with van der Waals surface area (Å²) in [6, 6.07) is 25.1. The lowest BCUT2D eigenvalue weighted by molar-refractivity contribution is -0.126. The van der Waals surface area contributed by atoms with Crippen molar-refractivity contribution >= 4 is 17.9 Å². The molecule has 38 heavy (non-hydrogen) atoms. The summed E-state index contributed by atoms with van der Waals surface area (Å²) in [5.41, 5.74) is 1.79. The maximum Gasteiger partial charge on any atom is 0.251 e. The number of benzene rings is 3. The van der Waals surface area contributed by atoms with E-state index in [1.165, 1.54) is 0 Å². The molecule has 0 saturated carbocycles. The average Bonchev–Trinajstić information content (AvgIpc) is 3.40. The van der Waals surface area contributed by atoms with Crippen LogP contribution in [0.2, 0.25) is 0 Å². The third kappa shape index (κ3) is 7.01. The number of carbonyl (C=O) groups excluding carboxylic acids is 1. The monoisotopic (exact) mass is 514 g/mol. The first-order valence-electron chi connectivity index (χ1n) is 12.8. The molecule has 0 aliphatic carbocycles. The Hall–Kier alpha value is -4.10. The van der Waals surface area contributed by atoms with E-state index in [0.29, 0.717) is 44.1 Å². The molecule has 4 rings (SSSR count). The van der Waals surface area contributed by atoms with Gasteiger partial charge in [-0.3, -0.25) is 4.79 Å². The minimum absolute atomic E-state index is 0.0878. The predicted octanol–water partition coefficient (Wildman–Crippen LogP) is 4.43. The van der Waals surface area contributed by atoms with Crippen LogP contribution in [0.25, 0.3) is 6.08 Å². The second-order valence-corrected chi connectivity index (χ2v) is 9.02. The van der Waals surface area contributed by atoms with E-state index in [1.807, 2.05) is 91.0 Å². The van der Waals surface area contributed by atoms with E-state index < -0.39 is 5.54 Å². The number of nitrogens with one attached hydrogen (secondary N) is 1. The maximum atomic E-state index is 13.5. The SMILES string of the molecule is COc1ccccc1CCNC(=O)[C@@]1(C/C=C/c2ccccc2)COC(c2ccc(OCCCO)cc2)=N1. The van der Waals surface area contributed by atoms with Crippen LogP contribution in [0.4, 0.5) is 0 Å². The number of amides is 1. The van der Waals surface area contributed by atoms with Crippen molar-refractivity contribution < 1.29 is 24.1 Å². The van der Waals surface area contributed by atoms with Crippen molar-refractivity contribution in [3.63, 3.8) is 0 Å². The van der Waals surface area contributed by atoms with Gasteiger partial charge in [-0.15, -0.1) is 0 Å². The molecule has 7 nitrogen and oxygen atoms in total. The molecule has 0 radical (unpaired) electrons. The van der Waals surface area contributed by atoms with Crippen molar-refractivity contribution in [1.82, 2.24) is 5.32 Å². The summed E-state index contributed by atoms with van der Waals surface area (Å²) in [5, 5.41) is 12.0. The number of para-hydroxylation sites is 1. The fraction of sp³-hybridized carbons (Fsp3) is 0.290. The average molecular weight is 515 g/mol. The van der Waals surface area contributed by atoms with Crippen LogP contribution in [0.1, 0.15) is 29.5 Å². The van der Waals surface area contributed by atoms with Crippen LogP contribution in [0, 0.1) is 0 Å². The minimum atomic E-state index is -1.07. The minimum Gasteiger partial charge on any atom is -0.496 e. The van der Waals surface area contributed by atoms with Crippen molar-refractivity contribution in [3.05, 3.63) is 102 Å². The Morgan fingerprint density at radius 1 is 1.08 bits per heavy atom. The summed E-state index contributed by atoms with van der Waals surface area (Å²) in [5.74, 6) is 1.76. The Balaban J connectivity index is 1.49. The summed E-state index contributed by atoms with van der Waals surface area (Å²) in [6.07, 6.45) is 5.58. The number of carbonyl (C=O) groups is 1. The summed E-state index contributed by atoms with van der Waals surface area (Å²) >= 11 is 0. The molecule has 2 N–H and O–H groups in total. The van der Waals surface area contributed by atoms with Crippen LogP contribution in [0.3, 0.4) is 0 Å². The number of aliphatic hydroxyl groups excluding tert-OH is 1. The van der Waals surface area contributed by atoms with Crippen molar-refractivity contribution in [2.45, 2.75) is 24.8 Å². The Bertz CT molecular complexity index is 1240. The Kier molecular flexibility index (Phi) is 9.54. The van der Waals surface area contributed by atoms with E-state index >= 15 is 0 Å². The van der Waals surface area contributed by atoms with E-state index in [9.17, 15) is 4.79 Å². The number of methoxy groups -OCH3 is 1. The van der Waals surface area contributed by atoms with E-state index in [1.54, 1.807) is 7.11 Å². The lowest BCUT2D eigenvalue weighted by atomic mass is 9.95. The van der Waals surface area contributed by atoms with Gasteiger partial charge in [0.2, 0.25) is 5.90 Å². The van der Waals surface area contributed by atoms with Gasteiger partial charge in [-0.1, -0.05) is 60.7 Å². The summed E-state index contributed by atoms with van der Waals surface area (Å²) < 4.78 is 17.0. The van der Waals surface area contributed by atoms with Crippen LogP contribution >= 0.6 is 0 Å². The number of aliphatic imine (C=N–C) groups is 1. The molecular formula is C31H34N2O5. The first kappa shape index (κ1) is 26.9. The molecule has 1 heterocycles. The van der Waals surface area contributed by atoms with Gasteiger partial charge in [0, 0.05) is 31.6 Å². The molecule has 1 atom stereocenters. The highest BCUT2D eigenvalue weighted by Crippen LogP contribution is 2.28. The van der Waals surface area contributed by atoms with Crippen LogP contribution in [-0.4, -0.2) is 55.9 Å². The second kappa shape index (κ2) is 13.4. The molecule has 0 unspecified atom stereocenters. The van der Waals surface area contributed by atoms with E-state index in [2.05, 4.69) is 5.32 Å². The van der Waals surface area contributed by atoms with Crippen molar-refractivity contribution in [2.24, 2.45) is 4.99 Å². The van der Waals surface area contributed by atoms with E-state index in [0.717, 1.165) is 22.4 Å². The highest BCUT2D eigenvalue weighted by atomic mass is 16.5. The van der Waals surface area contributed by atoms with Gasteiger partial charge < -0.3 is 24.6 Å². The van der Waals surface area contributed by atoms with Gasteiger partial charge in [0.25, 0.3) is 5.91 Å². The summed E-state index contributed by atoms with van der Waals surface area (Å²) in [7, 11) is 1.64. The van der Waals surface area contributed by atoms with E-state index in [4.69, 9.17) is 24.3 Å². The van der Waals surface area contributed by atoms with Crippen molar-refractivity contribution in [3.8, 4) is 11.5 Å². The molecule has 3 aromatic carbocycles. The molecule has 1 aliphatic rings. The van der Waals surface area contributed by atoms with E-state index in [-0.39, 0.29) is 19.1 Å². The third-order valence-corrected chi connectivity index (χ3v) is 6.30. The van der Waals surface area contributed by atoms with Gasteiger partial charge in [0.05, 0.1) is 13.7 Å². The zero-order valence-electron chi connectivity index (χ0n) is 21.6. The quantitative estimate of drug-likeness (QED) is 0.329. The molecule has 0 aromatic heterocycles. The highest BCUT2D eigenvalue weighted by molar-refractivity contribution is 6.00. The number of nitrogens with zero attached hydrogens (tertiary/aromatic N) is 1. The lowest BCUT2D eigenvalue weighted by Gasteiger charge is -2.22. The van der Waals surface area contributed by atoms with Crippen LogP contribution < -0.4 is 14.8 Å². The Labute approximate surface area is 223 Å². The molecule has 3 aromatic rings. The first-order valence-corrected chi connectivity index (χ1v) is 12.8. The molecule has 0 saturated heterocycles. The molecular weight excluding hydrogens is 480 g/mol. The fourth-order valence-electron chi connectivity index (χ4n) is 4.20. The fourth-order valence-corrected chi connectivity index (χ4v) is 4.20. The third-order valence-electron chi connectivity index (χ3n) is 6.30. The topological polar surface area (TPSA) is 89.4 Å². The number of rotatable bonds is 13. The zero-order valence-corrected chi connectivity index (χ0v) is 21.6. The zero-order chi connectivity index (χ0) is 26.6. The normalized spacial score (nSPS) is 16.6. The standard InChI is InChI=1S/C31H34N2O5/c1-36-28-13-6-5-12-25(28)18-20-32-30(35)31(19-7-11-24-9-3-2-4-10-24)23-38-29(33-31)26-14-16-27(17-15-26)37-22-8-21-34/h2-7,9-17,34H,8,18-23H2,1H3,(H,32,35)/b11-7+/t31-/m1/s1. The van der Waals surface area contributed by atoms with Gasteiger partial charge >= 0.3 is 0 Å². The Morgan fingerprint density at radius 3 is 2.61 bits per heavy atom. The number of hydrogen-bond donors (Lipinski definition) is 2. The van der Waals surface area contributed by atoms with Crippen LogP contribution in [0.5, 0.6) is 11.5 Å². The van der Waals surface area contributed by atoms with Gasteiger partial charge in [-0.2, -0.15) is 0 Å². The maximum absolute atomic E-state index is 13.5. The van der Waals surface area contributed by atoms with Gasteiger partial charge in [0.15, 0.2) is 5.54 Å². The summed E-state index contributed by atoms with van der Waals surface area (Å²) in [4.78, 5) is 18.3. The largest absolute Gasteiger partial charge is 0.496 e. The highest BCUT2D eigenvalue weighted by Gasteiger charge is 2.43. The molecule has 0 spiro atoms. The van der Waals surface area contributed by atoms with Gasteiger partial charge in [0.1, 0.15) is 18.1 Å². The molecule has 0 fully saturated rings. The van der Waals surface area contributed by atoms with Gasteiger partial charge in [-0.25, -0.2) is 4.99 Å². The Morgan fingerprint density at radius 2 is 1.84 bits per heavy atom. The second-order valence-electron chi connectivity index (χ2n) is 9.02. The van der Waals surface area contributed by atoms with Crippen LogP contribution in [0.15, 0.2) is 89.9 Å². The molecule has 198 valence electrons. The molecule has 7 heteroatoms. The van der Waals surface area contributed by atoms with Crippen molar-refractivity contribution in [1.29, 1.82) is 0 Å².